The minimum absolute atomic E-state index is 0.115. The molecule has 0 aromatic heterocycles. The molecule has 2 aromatic carbocycles. The molecule has 0 fully saturated rings. The highest BCUT2D eigenvalue weighted by molar-refractivity contribution is 9.10. The molecular formula is C14H10BrFO2. The van der Waals surface area contributed by atoms with E-state index in [4.69, 9.17) is 4.74 Å². The second-order valence-electron chi connectivity index (χ2n) is 3.71. The molecule has 0 atom stereocenters. The number of aldehydes is 1. The molecule has 0 aliphatic heterocycles. The molecule has 2 aromatic rings. The second-order valence-corrected chi connectivity index (χ2v) is 4.56. The van der Waals surface area contributed by atoms with Gasteiger partial charge in [-0.15, -0.1) is 0 Å². The minimum Gasteiger partial charge on any atom is -0.485 e. The number of carbonyl (C=O) groups is 1. The quantitative estimate of drug-likeness (QED) is 0.799. The van der Waals surface area contributed by atoms with Crippen molar-refractivity contribution in [2.24, 2.45) is 0 Å². The molecule has 0 bridgehead atoms. The highest BCUT2D eigenvalue weighted by atomic mass is 79.9. The topological polar surface area (TPSA) is 26.3 Å². The normalized spacial score (nSPS) is 10.1. The van der Waals surface area contributed by atoms with Crippen molar-refractivity contribution in [3.05, 3.63) is 63.9 Å². The minimum atomic E-state index is -0.553. The molecule has 92 valence electrons. The number of halogens is 2. The van der Waals surface area contributed by atoms with Crippen LogP contribution in [0.3, 0.4) is 0 Å². The van der Waals surface area contributed by atoms with Crippen molar-refractivity contribution in [3.8, 4) is 5.75 Å². The summed E-state index contributed by atoms with van der Waals surface area (Å²) in [7, 11) is 0. The zero-order valence-electron chi connectivity index (χ0n) is 9.40. The summed E-state index contributed by atoms with van der Waals surface area (Å²) in [5.41, 5.74) is 1.22. The number of ether oxygens (including phenoxy) is 1. The third kappa shape index (κ3) is 2.96. The first-order valence-corrected chi connectivity index (χ1v) is 6.11. The Morgan fingerprint density at radius 2 is 1.94 bits per heavy atom. The van der Waals surface area contributed by atoms with Crippen molar-refractivity contribution in [3.63, 3.8) is 0 Å². The fraction of sp³-hybridized carbons (Fsp3) is 0.0714. The Labute approximate surface area is 113 Å². The Balaban J connectivity index is 2.17. The van der Waals surface area contributed by atoms with Crippen molar-refractivity contribution in [2.75, 3.05) is 0 Å². The van der Waals surface area contributed by atoms with Gasteiger partial charge in [0.05, 0.1) is 4.47 Å². The van der Waals surface area contributed by atoms with E-state index in [0.717, 1.165) is 11.6 Å². The smallest absolute Gasteiger partial charge is 0.169 e. The lowest BCUT2D eigenvalue weighted by Crippen LogP contribution is -1.99. The molecule has 0 aliphatic rings. The van der Waals surface area contributed by atoms with Gasteiger partial charge in [-0.3, -0.25) is 4.79 Å². The molecule has 0 aliphatic carbocycles. The number of carbonyl (C=O) groups excluding carboxylic acids is 1. The number of rotatable bonds is 4. The van der Waals surface area contributed by atoms with E-state index in [1.165, 1.54) is 6.07 Å². The van der Waals surface area contributed by atoms with Crippen LogP contribution in [-0.2, 0) is 6.61 Å². The third-order valence-corrected chi connectivity index (χ3v) is 2.97. The summed E-state index contributed by atoms with van der Waals surface area (Å²) >= 11 is 3.19. The predicted octanol–water partition coefficient (Wildman–Crippen LogP) is 3.98. The highest BCUT2D eigenvalue weighted by Gasteiger charge is 2.10. The van der Waals surface area contributed by atoms with E-state index in [-0.39, 0.29) is 17.9 Å². The van der Waals surface area contributed by atoms with E-state index >= 15 is 0 Å². The summed E-state index contributed by atoms with van der Waals surface area (Å²) in [4.78, 5) is 10.6. The lowest BCUT2D eigenvalue weighted by atomic mass is 10.2. The van der Waals surface area contributed by atoms with E-state index in [0.29, 0.717) is 10.8 Å². The standard InChI is InChI=1S/C14H10BrFO2/c15-12-6-11(8-17)7-13(16)14(12)18-9-10-4-2-1-3-5-10/h1-8H,9H2. The lowest BCUT2D eigenvalue weighted by molar-refractivity contribution is 0.112. The SMILES string of the molecule is O=Cc1cc(F)c(OCc2ccccc2)c(Br)c1. The van der Waals surface area contributed by atoms with Gasteiger partial charge >= 0.3 is 0 Å². The highest BCUT2D eigenvalue weighted by Crippen LogP contribution is 2.29. The van der Waals surface area contributed by atoms with E-state index in [1.807, 2.05) is 30.3 Å². The van der Waals surface area contributed by atoms with E-state index in [2.05, 4.69) is 15.9 Å². The first-order valence-electron chi connectivity index (χ1n) is 5.31. The van der Waals surface area contributed by atoms with Crippen LogP contribution in [-0.4, -0.2) is 6.29 Å². The number of hydrogen-bond donors (Lipinski definition) is 0. The zero-order chi connectivity index (χ0) is 13.0. The van der Waals surface area contributed by atoms with Crippen molar-refractivity contribution >= 4 is 22.2 Å². The fourth-order valence-corrected chi connectivity index (χ4v) is 2.08. The Bertz CT molecular complexity index is 532. The largest absolute Gasteiger partial charge is 0.485 e. The Kier molecular flexibility index (Phi) is 4.10. The summed E-state index contributed by atoms with van der Waals surface area (Å²) < 4.78 is 19.5. The van der Waals surface area contributed by atoms with Gasteiger partial charge in [0.15, 0.2) is 11.6 Å². The van der Waals surface area contributed by atoms with Gasteiger partial charge in [-0.1, -0.05) is 30.3 Å². The predicted molar refractivity (Wildman–Crippen MR) is 70.3 cm³/mol. The molecule has 0 saturated heterocycles. The van der Waals surface area contributed by atoms with Gasteiger partial charge in [0.1, 0.15) is 12.9 Å². The monoisotopic (exact) mass is 308 g/mol. The first-order chi connectivity index (χ1) is 8.70. The Hall–Kier alpha value is -1.68. The summed E-state index contributed by atoms with van der Waals surface area (Å²) in [5.74, 6) is -0.438. The van der Waals surface area contributed by atoms with Gasteiger partial charge in [-0.25, -0.2) is 4.39 Å². The molecule has 4 heteroatoms. The molecule has 2 rings (SSSR count). The van der Waals surface area contributed by atoms with Crippen LogP contribution >= 0.6 is 15.9 Å². The van der Waals surface area contributed by atoms with Gasteiger partial charge < -0.3 is 4.74 Å². The van der Waals surface area contributed by atoms with E-state index in [9.17, 15) is 9.18 Å². The van der Waals surface area contributed by atoms with Crippen LogP contribution < -0.4 is 4.74 Å². The maximum atomic E-state index is 13.7. The molecule has 0 N–H and O–H groups in total. The number of benzene rings is 2. The van der Waals surface area contributed by atoms with Crippen molar-refractivity contribution in [1.29, 1.82) is 0 Å². The van der Waals surface area contributed by atoms with Gasteiger partial charge in [0.2, 0.25) is 0 Å². The van der Waals surface area contributed by atoms with Crippen LogP contribution in [0, 0.1) is 5.82 Å². The van der Waals surface area contributed by atoms with E-state index in [1.54, 1.807) is 0 Å². The molecule has 0 spiro atoms. The summed E-state index contributed by atoms with van der Waals surface area (Å²) in [5, 5.41) is 0. The van der Waals surface area contributed by atoms with Crippen LogP contribution in [0.25, 0.3) is 0 Å². The van der Waals surface area contributed by atoms with Crippen molar-refractivity contribution in [2.45, 2.75) is 6.61 Å². The second kappa shape index (κ2) is 5.78. The summed E-state index contributed by atoms with van der Waals surface area (Å²) in [6.45, 7) is 0.275. The molecular weight excluding hydrogens is 299 g/mol. The Morgan fingerprint density at radius 1 is 1.22 bits per heavy atom. The van der Waals surface area contributed by atoms with E-state index < -0.39 is 5.82 Å². The maximum Gasteiger partial charge on any atom is 0.169 e. The summed E-state index contributed by atoms with van der Waals surface area (Å²) in [6.07, 6.45) is 0.592. The maximum absolute atomic E-state index is 13.7. The van der Waals surface area contributed by atoms with Crippen LogP contribution in [0.5, 0.6) is 5.75 Å². The zero-order valence-corrected chi connectivity index (χ0v) is 11.0. The first kappa shape index (κ1) is 12.8. The van der Waals surface area contributed by atoms with Crippen molar-refractivity contribution < 1.29 is 13.9 Å². The van der Waals surface area contributed by atoms with Crippen LogP contribution in [0.2, 0.25) is 0 Å². The lowest BCUT2D eigenvalue weighted by Gasteiger charge is -2.09. The molecule has 18 heavy (non-hydrogen) atoms. The fourth-order valence-electron chi connectivity index (χ4n) is 1.52. The average molecular weight is 309 g/mol. The van der Waals surface area contributed by atoms with Crippen LogP contribution in [0.4, 0.5) is 4.39 Å². The summed E-state index contributed by atoms with van der Waals surface area (Å²) in [6, 6.07) is 12.1. The molecule has 0 amide bonds. The molecule has 0 unspecified atom stereocenters. The van der Waals surface area contributed by atoms with Gasteiger partial charge in [0, 0.05) is 5.56 Å². The van der Waals surface area contributed by atoms with Gasteiger partial charge in [-0.05, 0) is 33.6 Å². The molecule has 0 heterocycles. The molecule has 2 nitrogen and oxygen atoms in total. The average Bonchev–Trinajstić information content (AvgIpc) is 2.38. The van der Waals surface area contributed by atoms with Crippen LogP contribution in [0.15, 0.2) is 46.9 Å². The molecule has 0 saturated carbocycles. The van der Waals surface area contributed by atoms with Crippen molar-refractivity contribution in [1.82, 2.24) is 0 Å². The number of hydrogen-bond acceptors (Lipinski definition) is 2. The third-order valence-electron chi connectivity index (χ3n) is 2.38. The van der Waals surface area contributed by atoms with Crippen LogP contribution in [0.1, 0.15) is 15.9 Å². The Morgan fingerprint density at radius 3 is 2.56 bits per heavy atom. The van der Waals surface area contributed by atoms with Gasteiger partial charge in [-0.2, -0.15) is 0 Å². The molecule has 0 radical (unpaired) electrons. The van der Waals surface area contributed by atoms with Gasteiger partial charge in [0.25, 0.3) is 0 Å².